The largest absolute Gasteiger partial charge is 0.314 e. The zero-order valence-corrected chi connectivity index (χ0v) is 14.4. The molecule has 5 nitrogen and oxygen atoms in total. The third-order valence-corrected chi connectivity index (χ3v) is 6.40. The molecule has 1 atom stereocenters. The van der Waals surface area contributed by atoms with Gasteiger partial charge in [-0.05, 0) is 38.6 Å². The van der Waals surface area contributed by atoms with Crippen molar-refractivity contribution in [2.45, 2.75) is 59.0 Å². The summed E-state index contributed by atoms with van der Waals surface area (Å²) in [5.74, 6) is 0.595. The molecule has 0 radical (unpaired) electrons. The van der Waals surface area contributed by atoms with Gasteiger partial charge in [-0.15, -0.1) is 0 Å². The van der Waals surface area contributed by atoms with Gasteiger partial charge in [0.15, 0.2) is 0 Å². The van der Waals surface area contributed by atoms with Crippen LogP contribution < -0.4 is 5.32 Å². The Balaban J connectivity index is 2.52. The summed E-state index contributed by atoms with van der Waals surface area (Å²) in [6.07, 6.45) is 2.74. The van der Waals surface area contributed by atoms with E-state index in [1.807, 2.05) is 13.8 Å². The molecule has 1 aliphatic heterocycles. The lowest BCUT2D eigenvalue weighted by molar-refractivity contribution is 0.243. The van der Waals surface area contributed by atoms with E-state index in [0.717, 1.165) is 25.8 Å². The van der Waals surface area contributed by atoms with Crippen LogP contribution in [0.5, 0.6) is 0 Å². The summed E-state index contributed by atoms with van der Waals surface area (Å²) >= 11 is 0. The van der Waals surface area contributed by atoms with Crippen LogP contribution in [0.3, 0.4) is 0 Å². The van der Waals surface area contributed by atoms with Gasteiger partial charge >= 0.3 is 0 Å². The molecule has 0 bridgehead atoms. The van der Waals surface area contributed by atoms with Gasteiger partial charge in [0.2, 0.25) is 0 Å². The summed E-state index contributed by atoms with van der Waals surface area (Å²) in [4.78, 5) is 0. The second-order valence-electron chi connectivity index (χ2n) is 6.19. The molecule has 1 fully saturated rings. The first-order chi connectivity index (χ1) is 9.28. The molecule has 0 saturated carbocycles. The van der Waals surface area contributed by atoms with E-state index in [-0.39, 0.29) is 6.04 Å². The van der Waals surface area contributed by atoms with Gasteiger partial charge in [0, 0.05) is 32.2 Å². The first kappa shape index (κ1) is 17.9. The highest BCUT2D eigenvalue weighted by molar-refractivity contribution is 7.86. The van der Waals surface area contributed by atoms with Crippen molar-refractivity contribution in [3.63, 3.8) is 0 Å². The Hall–Kier alpha value is -0.170. The van der Waals surface area contributed by atoms with Crippen LogP contribution in [0.4, 0.5) is 0 Å². The Morgan fingerprint density at radius 1 is 1.25 bits per heavy atom. The fraction of sp³-hybridized carbons (Fsp3) is 1.00. The quantitative estimate of drug-likeness (QED) is 0.778. The van der Waals surface area contributed by atoms with Gasteiger partial charge in [-0.25, -0.2) is 0 Å². The summed E-state index contributed by atoms with van der Waals surface area (Å²) in [5.41, 5.74) is 0. The molecule has 6 heteroatoms. The Labute approximate surface area is 124 Å². The molecule has 0 aromatic heterocycles. The lowest BCUT2D eigenvalue weighted by Crippen LogP contribution is -2.49. The minimum absolute atomic E-state index is 0.0559. The van der Waals surface area contributed by atoms with Crippen molar-refractivity contribution in [2.75, 3.05) is 26.7 Å². The smallest absolute Gasteiger partial charge is 0.281 e. The Morgan fingerprint density at radius 3 is 2.25 bits per heavy atom. The van der Waals surface area contributed by atoms with Crippen LogP contribution in [-0.2, 0) is 10.2 Å². The van der Waals surface area contributed by atoms with Gasteiger partial charge in [-0.2, -0.15) is 17.0 Å². The van der Waals surface area contributed by atoms with Gasteiger partial charge in [0.05, 0.1) is 0 Å². The third kappa shape index (κ3) is 4.69. The first-order valence-electron chi connectivity index (χ1n) is 7.75. The Morgan fingerprint density at radius 2 is 1.80 bits per heavy atom. The first-order valence-corrected chi connectivity index (χ1v) is 9.15. The predicted octanol–water partition coefficient (Wildman–Crippen LogP) is 1.67. The van der Waals surface area contributed by atoms with Gasteiger partial charge in [-0.1, -0.05) is 20.8 Å². The van der Waals surface area contributed by atoms with Crippen LogP contribution in [0, 0.1) is 5.92 Å². The minimum Gasteiger partial charge on any atom is -0.314 e. The molecule has 0 amide bonds. The summed E-state index contributed by atoms with van der Waals surface area (Å²) < 4.78 is 28.1. The van der Waals surface area contributed by atoms with Gasteiger partial charge in [0.1, 0.15) is 0 Å². The Bertz CT molecular complexity index is 376. The number of nitrogens with one attached hydrogen (secondary N) is 1. The lowest BCUT2D eigenvalue weighted by Gasteiger charge is -2.35. The number of hydrogen-bond donors (Lipinski definition) is 1. The summed E-state index contributed by atoms with van der Waals surface area (Å²) in [5, 5.41) is 3.44. The maximum Gasteiger partial charge on any atom is 0.281 e. The average Bonchev–Trinajstić information content (AvgIpc) is 2.43. The van der Waals surface area contributed by atoms with Crippen LogP contribution >= 0.6 is 0 Å². The molecule has 0 aromatic rings. The molecule has 20 heavy (non-hydrogen) atoms. The van der Waals surface area contributed by atoms with Crippen molar-refractivity contribution in [3.05, 3.63) is 0 Å². The summed E-state index contributed by atoms with van der Waals surface area (Å²) in [6.45, 7) is 10.5. The van der Waals surface area contributed by atoms with E-state index in [4.69, 9.17) is 0 Å². The van der Waals surface area contributed by atoms with Crippen LogP contribution in [0.15, 0.2) is 0 Å². The summed E-state index contributed by atoms with van der Waals surface area (Å²) in [7, 11) is -1.59. The van der Waals surface area contributed by atoms with Crippen molar-refractivity contribution in [3.8, 4) is 0 Å². The SMILES string of the molecule is CCC(C)N(C)S(=O)(=O)N1CCC(CNC(C)C)CC1. The molecule has 1 heterocycles. The predicted molar refractivity (Wildman–Crippen MR) is 83.9 cm³/mol. The molecule has 1 aliphatic rings. The normalized spacial score (nSPS) is 20.8. The highest BCUT2D eigenvalue weighted by Crippen LogP contribution is 2.21. The highest BCUT2D eigenvalue weighted by atomic mass is 32.2. The molecule has 1 N–H and O–H groups in total. The van der Waals surface area contributed by atoms with Gasteiger partial charge in [0.25, 0.3) is 10.2 Å². The molecule has 1 rings (SSSR count). The number of nitrogens with zero attached hydrogens (tertiary/aromatic N) is 2. The zero-order valence-electron chi connectivity index (χ0n) is 13.6. The van der Waals surface area contributed by atoms with Crippen molar-refractivity contribution < 1.29 is 8.42 Å². The van der Waals surface area contributed by atoms with Gasteiger partial charge in [-0.3, -0.25) is 0 Å². The van der Waals surface area contributed by atoms with Crippen molar-refractivity contribution in [2.24, 2.45) is 5.92 Å². The fourth-order valence-electron chi connectivity index (χ4n) is 2.41. The maximum atomic E-state index is 12.5. The second-order valence-corrected chi connectivity index (χ2v) is 8.17. The van der Waals surface area contributed by atoms with Crippen molar-refractivity contribution in [1.29, 1.82) is 0 Å². The van der Waals surface area contributed by atoms with Crippen molar-refractivity contribution in [1.82, 2.24) is 13.9 Å². The van der Waals surface area contributed by atoms with Gasteiger partial charge < -0.3 is 5.32 Å². The molecular weight excluding hydrogens is 274 g/mol. The highest BCUT2D eigenvalue weighted by Gasteiger charge is 2.32. The number of hydrogen-bond acceptors (Lipinski definition) is 3. The maximum absolute atomic E-state index is 12.5. The molecular formula is C14H31N3O2S. The fourth-order valence-corrected chi connectivity index (χ4v) is 4.05. The van der Waals surface area contributed by atoms with E-state index in [1.54, 1.807) is 11.4 Å². The van der Waals surface area contributed by atoms with Crippen LogP contribution in [0.25, 0.3) is 0 Å². The standard InChI is InChI=1S/C14H31N3O2S/c1-6-13(4)16(5)20(18,19)17-9-7-14(8-10-17)11-15-12(2)3/h12-15H,6-11H2,1-5H3. The third-order valence-electron chi connectivity index (χ3n) is 4.29. The average molecular weight is 305 g/mol. The molecule has 0 aliphatic carbocycles. The monoisotopic (exact) mass is 305 g/mol. The van der Waals surface area contributed by atoms with Crippen LogP contribution in [-0.4, -0.2) is 55.8 Å². The van der Waals surface area contributed by atoms with E-state index in [1.165, 1.54) is 4.31 Å². The topological polar surface area (TPSA) is 52.7 Å². The van der Waals surface area contributed by atoms with Crippen LogP contribution in [0.2, 0.25) is 0 Å². The number of rotatable bonds is 7. The zero-order chi connectivity index (χ0) is 15.3. The van der Waals surface area contributed by atoms with E-state index >= 15 is 0 Å². The second kappa shape index (κ2) is 7.73. The van der Waals surface area contributed by atoms with E-state index < -0.39 is 10.2 Å². The molecule has 0 spiro atoms. The Kier molecular flexibility index (Phi) is 6.91. The van der Waals surface area contributed by atoms with Crippen molar-refractivity contribution >= 4 is 10.2 Å². The van der Waals surface area contributed by atoms with E-state index in [2.05, 4.69) is 19.2 Å². The molecule has 120 valence electrons. The summed E-state index contributed by atoms with van der Waals surface area (Å²) in [6, 6.07) is 0.550. The van der Waals surface area contributed by atoms with E-state index in [9.17, 15) is 8.42 Å². The molecule has 1 unspecified atom stereocenters. The lowest BCUT2D eigenvalue weighted by atomic mass is 9.98. The minimum atomic E-state index is -3.28. The van der Waals surface area contributed by atoms with Crippen LogP contribution in [0.1, 0.15) is 47.0 Å². The molecule has 1 saturated heterocycles. The molecule has 0 aromatic carbocycles. The number of piperidine rings is 1. The van der Waals surface area contributed by atoms with E-state index in [0.29, 0.717) is 25.0 Å².